The van der Waals surface area contributed by atoms with E-state index in [4.69, 9.17) is 9.47 Å². The summed E-state index contributed by atoms with van der Waals surface area (Å²) in [5.41, 5.74) is 0.651. The molecule has 3 fully saturated rings. The Kier molecular flexibility index (Phi) is 6.68. The van der Waals surface area contributed by atoms with Crippen LogP contribution in [0.25, 0.3) is 0 Å². The fourth-order valence-corrected chi connectivity index (χ4v) is 5.61. The Labute approximate surface area is 185 Å². The highest BCUT2D eigenvalue weighted by atomic mass is 16.5. The van der Waals surface area contributed by atoms with Gasteiger partial charge in [-0.1, -0.05) is 30.3 Å². The fourth-order valence-electron chi connectivity index (χ4n) is 5.61. The number of likely N-dealkylation sites (tertiary alicyclic amines) is 1. The van der Waals surface area contributed by atoms with Crippen LogP contribution in [-0.4, -0.2) is 73.2 Å². The van der Waals surface area contributed by atoms with Crippen LogP contribution in [0.4, 0.5) is 0 Å². The first-order chi connectivity index (χ1) is 14.9. The summed E-state index contributed by atoms with van der Waals surface area (Å²) in [4.78, 5) is 29.6. The highest BCUT2D eigenvalue weighted by Gasteiger charge is 2.47. The van der Waals surface area contributed by atoms with Crippen molar-refractivity contribution in [3.8, 4) is 0 Å². The lowest BCUT2D eigenvalue weighted by Crippen LogP contribution is -2.57. The van der Waals surface area contributed by atoms with E-state index in [0.29, 0.717) is 19.8 Å². The van der Waals surface area contributed by atoms with Crippen LogP contribution in [0.3, 0.4) is 0 Å². The Hall–Kier alpha value is -1.92. The third kappa shape index (κ3) is 4.80. The molecule has 1 spiro atoms. The first-order valence-corrected chi connectivity index (χ1v) is 11.7. The molecule has 6 heteroatoms. The largest absolute Gasteiger partial charge is 0.381 e. The van der Waals surface area contributed by atoms with Gasteiger partial charge in [-0.15, -0.1) is 0 Å². The van der Waals surface area contributed by atoms with Gasteiger partial charge in [-0.25, -0.2) is 0 Å². The lowest BCUT2D eigenvalue weighted by molar-refractivity contribution is -0.162. The van der Waals surface area contributed by atoms with Gasteiger partial charge in [-0.05, 0) is 50.5 Å². The maximum atomic E-state index is 13.8. The zero-order valence-electron chi connectivity index (χ0n) is 19.0. The first kappa shape index (κ1) is 22.3. The van der Waals surface area contributed by atoms with E-state index in [2.05, 4.69) is 17.0 Å². The summed E-state index contributed by atoms with van der Waals surface area (Å²) in [7, 11) is 1.89. The van der Waals surface area contributed by atoms with E-state index in [1.54, 1.807) is 6.92 Å². The Morgan fingerprint density at radius 3 is 2.39 bits per heavy atom. The topological polar surface area (TPSA) is 59.1 Å². The van der Waals surface area contributed by atoms with E-state index in [-0.39, 0.29) is 28.9 Å². The molecule has 0 unspecified atom stereocenters. The van der Waals surface area contributed by atoms with E-state index in [1.165, 1.54) is 5.56 Å². The maximum Gasteiger partial charge on any atom is 0.229 e. The lowest BCUT2D eigenvalue weighted by atomic mass is 9.73. The summed E-state index contributed by atoms with van der Waals surface area (Å²) in [6, 6.07) is 10.6. The number of amides is 2. The van der Waals surface area contributed by atoms with Crippen LogP contribution < -0.4 is 0 Å². The van der Waals surface area contributed by atoms with E-state index in [9.17, 15) is 9.59 Å². The Morgan fingerprint density at radius 2 is 1.74 bits per heavy atom. The minimum Gasteiger partial charge on any atom is -0.381 e. The molecule has 1 aromatic rings. The van der Waals surface area contributed by atoms with Crippen LogP contribution >= 0.6 is 0 Å². The van der Waals surface area contributed by atoms with E-state index in [1.807, 2.05) is 30.1 Å². The third-order valence-corrected chi connectivity index (χ3v) is 7.76. The Balaban J connectivity index is 1.43. The molecule has 4 rings (SSSR count). The molecular weight excluding hydrogens is 392 g/mol. The summed E-state index contributed by atoms with van der Waals surface area (Å²) in [6.45, 7) is 5.07. The molecule has 3 saturated heterocycles. The van der Waals surface area contributed by atoms with Crippen LogP contribution in [0.2, 0.25) is 0 Å². The van der Waals surface area contributed by atoms with Crippen molar-refractivity contribution < 1.29 is 19.1 Å². The normalized spacial score (nSPS) is 25.2. The number of hydrogen-bond acceptors (Lipinski definition) is 4. The van der Waals surface area contributed by atoms with Crippen LogP contribution in [0.5, 0.6) is 0 Å². The second-order valence-corrected chi connectivity index (χ2v) is 9.66. The third-order valence-electron chi connectivity index (χ3n) is 7.76. The minimum atomic E-state index is -0.366. The van der Waals surface area contributed by atoms with Crippen molar-refractivity contribution in [1.29, 1.82) is 0 Å². The highest BCUT2D eigenvalue weighted by Crippen LogP contribution is 2.40. The molecule has 0 aromatic heterocycles. The zero-order chi connectivity index (χ0) is 21.9. The molecule has 6 nitrogen and oxygen atoms in total. The van der Waals surface area contributed by atoms with Crippen LogP contribution in [0.1, 0.15) is 51.0 Å². The van der Waals surface area contributed by atoms with Gasteiger partial charge in [0.2, 0.25) is 11.8 Å². The number of hydrogen-bond donors (Lipinski definition) is 0. The zero-order valence-corrected chi connectivity index (χ0v) is 19.0. The van der Waals surface area contributed by atoms with Crippen molar-refractivity contribution in [2.45, 2.75) is 63.5 Å². The number of nitrogens with zero attached hydrogens (tertiary/aromatic N) is 2. The smallest absolute Gasteiger partial charge is 0.229 e. The molecule has 0 N–H and O–H groups in total. The summed E-state index contributed by atoms with van der Waals surface area (Å²) >= 11 is 0. The van der Waals surface area contributed by atoms with Gasteiger partial charge < -0.3 is 19.3 Å². The van der Waals surface area contributed by atoms with E-state index in [0.717, 1.165) is 58.0 Å². The van der Waals surface area contributed by atoms with Crippen molar-refractivity contribution in [1.82, 2.24) is 9.80 Å². The number of rotatable bonds is 4. The van der Waals surface area contributed by atoms with Crippen molar-refractivity contribution >= 4 is 11.8 Å². The summed E-state index contributed by atoms with van der Waals surface area (Å²) in [6.07, 6.45) is 5.79. The van der Waals surface area contributed by atoms with Crippen LogP contribution in [0, 0.1) is 5.41 Å². The SMILES string of the molecule is CC(=O)N(C)[C@@H]1CCOC2(CCN(C(=O)C3(Cc4ccccc4)CCOCC3)CC2)C1. The minimum absolute atomic E-state index is 0.108. The number of carbonyl (C=O) groups excluding carboxylic acids is 2. The fraction of sp³-hybridized carbons (Fsp3) is 0.680. The van der Waals surface area contributed by atoms with Gasteiger partial charge in [-0.3, -0.25) is 9.59 Å². The number of benzene rings is 1. The van der Waals surface area contributed by atoms with Crippen LogP contribution in [-0.2, 0) is 25.5 Å². The summed E-state index contributed by atoms with van der Waals surface area (Å²) in [5, 5.41) is 0. The molecule has 3 aliphatic heterocycles. The molecule has 2 amide bonds. The maximum absolute atomic E-state index is 13.8. The van der Waals surface area contributed by atoms with Gasteiger partial charge in [0.25, 0.3) is 0 Å². The van der Waals surface area contributed by atoms with Crippen molar-refractivity contribution in [3.05, 3.63) is 35.9 Å². The Morgan fingerprint density at radius 1 is 1.06 bits per heavy atom. The van der Waals surface area contributed by atoms with Gasteiger partial charge in [0.15, 0.2) is 0 Å². The van der Waals surface area contributed by atoms with Gasteiger partial charge in [0.05, 0.1) is 11.0 Å². The van der Waals surface area contributed by atoms with E-state index >= 15 is 0 Å². The molecule has 0 saturated carbocycles. The average molecular weight is 429 g/mol. The summed E-state index contributed by atoms with van der Waals surface area (Å²) in [5.74, 6) is 0.389. The first-order valence-electron chi connectivity index (χ1n) is 11.7. The predicted molar refractivity (Wildman–Crippen MR) is 119 cm³/mol. The number of carbonyl (C=O) groups is 2. The number of ether oxygens (including phenoxy) is 2. The highest BCUT2D eigenvalue weighted by molar-refractivity contribution is 5.83. The molecule has 31 heavy (non-hydrogen) atoms. The number of piperidine rings is 1. The van der Waals surface area contributed by atoms with Gasteiger partial charge in [-0.2, -0.15) is 0 Å². The Bertz CT molecular complexity index is 767. The molecule has 170 valence electrons. The predicted octanol–water partition coefficient (Wildman–Crippen LogP) is 3.04. The average Bonchev–Trinajstić information content (AvgIpc) is 2.80. The van der Waals surface area contributed by atoms with Crippen molar-refractivity contribution in [2.24, 2.45) is 5.41 Å². The monoisotopic (exact) mass is 428 g/mol. The molecule has 3 aliphatic rings. The molecule has 0 bridgehead atoms. The molecule has 1 aromatic carbocycles. The van der Waals surface area contributed by atoms with Crippen LogP contribution in [0.15, 0.2) is 30.3 Å². The molecule has 0 radical (unpaired) electrons. The quantitative estimate of drug-likeness (QED) is 0.740. The summed E-state index contributed by atoms with van der Waals surface area (Å²) < 4.78 is 11.9. The lowest BCUT2D eigenvalue weighted by Gasteiger charge is -2.49. The molecule has 3 heterocycles. The molecule has 1 atom stereocenters. The second-order valence-electron chi connectivity index (χ2n) is 9.66. The molecule has 0 aliphatic carbocycles. The van der Waals surface area contributed by atoms with E-state index < -0.39 is 0 Å². The molecular formula is C25H36N2O4. The van der Waals surface area contributed by atoms with Gasteiger partial charge in [0.1, 0.15) is 0 Å². The standard InChI is InChI=1S/C25H36N2O4/c1-20(28)26(2)22-8-15-31-25(19-22)9-13-27(14-10-25)23(29)24(11-16-30-17-12-24)18-21-6-4-3-5-7-21/h3-7,22H,8-19H2,1-2H3/t22-/m1/s1. The second kappa shape index (κ2) is 9.29. The van der Waals surface area contributed by atoms with Crippen molar-refractivity contribution in [3.63, 3.8) is 0 Å². The van der Waals surface area contributed by atoms with Gasteiger partial charge >= 0.3 is 0 Å². The van der Waals surface area contributed by atoms with Crippen molar-refractivity contribution in [2.75, 3.05) is 40.0 Å². The van der Waals surface area contributed by atoms with Gasteiger partial charge in [0, 0.05) is 52.9 Å².